The van der Waals surface area contributed by atoms with Crippen LogP contribution in [0, 0.1) is 44.3 Å². The number of hydrogen-bond acceptors (Lipinski definition) is 1. The van der Waals surface area contributed by atoms with E-state index >= 15 is 0 Å². The van der Waals surface area contributed by atoms with Gasteiger partial charge >= 0.3 is 0 Å². The Morgan fingerprint density at radius 2 is 1.44 bits per heavy atom. The molecule has 0 aromatic rings. The van der Waals surface area contributed by atoms with Crippen molar-refractivity contribution >= 4 is 0 Å². The molecule has 3 saturated carbocycles. The van der Waals surface area contributed by atoms with Crippen molar-refractivity contribution < 1.29 is 5.11 Å². The summed E-state index contributed by atoms with van der Waals surface area (Å²) >= 11 is 0. The van der Waals surface area contributed by atoms with Gasteiger partial charge in [-0.15, -0.1) is 0 Å². The molecule has 5 rings (SSSR count). The van der Waals surface area contributed by atoms with Crippen LogP contribution in [-0.2, 0) is 0 Å². The number of fused-ring (bicyclic) bond motifs is 6. The van der Waals surface area contributed by atoms with Crippen LogP contribution in [0.1, 0.15) is 132 Å². The van der Waals surface area contributed by atoms with Crippen LogP contribution >= 0.6 is 0 Å². The van der Waals surface area contributed by atoms with E-state index in [-0.39, 0.29) is 11.5 Å². The summed E-state index contributed by atoms with van der Waals surface area (Å²) in [5.41, 5.74) is 6.06. The molecule has 182 valence electrons. The number of rotatable bonds is 1. The van der Waals surface area contributed by atoms with E-state index in [1.165, 1.54) is 70.6 Å². The van der Waals surface area contributed by atoms with Gasteiger partial charge in [-0.2, -0.15) is 0 Å². The van der Waals surface area contributed by atoms with Crippen molar-refractivity contribution in [1.29, 1.82) is 0 Å². The smallest absolute Gasteiger partial charge is 0.0594 e. The van der Waals surface area contributed by atoms with E-state index in [1.54, 1.807) is 0 Å². The molecular formula is C31H52O. The van der Waals surface area contributed by atoms with E-state index in [1.807, 2.05) is 11.1 Å². The summed E-state index contributed by atoms with van der Waals surface area (Å²) in [5, 5.41) is 10.9. The second-order valence-electron chi connectivity index (χ2n) is 15.2. The Bertz CT molecular complexity index is 822. The first-order valence-electron chi connectivity index (χ1n) is 14.2. The third-order valence-corrected chi connectivity index (χ3v) is 13.7. The summed E-state index contributed by atoms with van der Waals surface area (Å²) in [6.07, 6.45) is 15.9. The van der Waals surface area contributed by atoms with Crippen LogP contribution in [0.25, 0.3) is 0 Å². The molecule has 5 aliphatic carbocycles. The lowest BCUT2D eigenvalue weighted by atomic mass is 9.35. The maximum Gasteiger partial charge on any atom is 0.0594 e. The molecule has 1 nitrogen and oxygen atoms in total. The average Bonchev–Trinajstić information content (AvgIpc) is 2.74. The maximum absolute atomic E-state index is 10.9. The van der Waals surface area contributed by atoms with Gasteiger partial charge in [-0.3, -0.25) is 0 Å². The number of hydrogen-bond donors (Lipinski definition) is 1. The molecule has 0 radical (unpaired) electrons. The van der Waals surface area contributed by atoms with Crippen molar-refractivity contribution in [3.63, 3.8) is 0 Å². The minimum Gasteiger partial charge on any atom is -0.393 e. The molecule has 0 amide bonds. The first-order chi connectivity index (χ1) is 14.8. The van der Waals surface area contributed by atoms with E-state index < -0.39 is 0 Å². The molecule has 0 heterocycles. The third-order valence-electron chi connectivity index (χ3n) is 13.7. The van der Waals surface area contributed by atoms with Crippen molar-refractivity contribution in [3.05, 3.63) is 11.1 Å². The zero-order valence-electron chi connectivity index (χ0n) is 22.7. The van der Waals surface area contributed by atoms with Gasteiger partial charge in [-0.1, -0.05) is 73.0 Å². The summed E-state index contributed by atoms with van der Waals surface area (Å²) in [4.78, 5) is 0. The van der Waals surface area contributed by atoms with Crippen LogP contribution in [0.3, 0.4) is 0 Å². The lowest BCUT2D eigenvalue weighted by Gasteiger charge is -2.69. The van der Waals surface area contributed by atoms with Gasteiger partial charge in [-0.25, -0.2) is 0 Å². The second kappa shape index (κ2) is 6.89. The van der Waals surface area contributed by atoms with Crippen molar-refractivity contribution in [2.75, 3.05) is 0 Å². The Morgan fingerprint density at radius 3 is 2.12 bits per heavy atom. The summed E-state index contributed by atoms with van der Waals surface area (Å²) in [7, 11) is 0. The first kappa shape index (κ1) is 23.4. The van der Waals surface area contributed by atoms with E-state index in [4.69, 9.17) is 0 Å². The molecule has 0 aromatic heterocycles. The van der Waals surface area contributed by atoms with Crippen LogP contribution in [-0.4, -0.2) is 11.2 Å². The van der Waals surface area contributed by atoms with Gasteiger partial charge < -0.3 is 5.11 Å². The Balaban J connectivity index is 1.58. The molecule has 1 N–H and O–H groups in total. The summed E-state index contributed by atoms with van der Waals surface area (Å²) < 4.78 is 0. The van der Waals surface area contributed by atoms with Crippen molar-refractivity contribution in [2.24, 2.45) is 44.3 Å². The topological polar surface area (TPSA) is 20.2 Å². The van der Waals surface area contributed by atoms with Gasteiger partial charge in [0.2, 0.25) is 0 Å². The summed E-state index contributed by atoms with van der Waals surface area (Å²) in [6, 6.07) is 0. The fraction of sp³-hybridized carbons (Fsp3) is 0.935. The largest absolute Gasteiger partial charge is 0.393 e. The maximum atomic E-state index is 10.9. The van der Waals surface area contributed by atoms with E-state index in [0.717, 1.165) is 12.3 Å². The van der Waals surface area contributed by atoms with Crippen LogP contribution in [0.4, 0.5) is 0 Å². The zero-order chi connectivity index (χ0) is 23.4. The van der Waals surface area contributed by atoms with Gasteiger partial charge in [0, 0.05) is 0 Å². The highest BCUT2D eigenvalue weighted by atomic mass is 16.3. The Labute approximate surface area is 199 Å². The minimum atomic E-state index is -0.128. The molecule has 0 saturated heterocycles. The zero-order valence-corrected chi connectivity index (χ0v) is 22.7. The van der Waals surface area contributed by atoms with Crippen LogP contribution in [0.5, 0.6) is 0 Å². The molecule has 0 spiro atoms. The Hall–Kier alpha value is -0.300. The molecule has 1 heteroatoms. The molecule has 8 atom stereocenters. The fourth-order valence-corrected chi connectivity index (χ4v) is 10.7. The molecule has 32 heavy (non-hydrogen) atoms. The van der Waals surface area contributed by atoms with Crippen molar-refractivity contribution in [3.8, 4) is 0 Å². The number of aliphatic hydroxyl groups is 1. The third kappa shape index (κ3) is 2.79. The molecule has 0 unspecified atom stereocenters. The molecule has 0 aromatic carbocycles. The van der Waals surface area contributed by atoms with Crippen molar-refractivity contribution in [1.82, 2.24) is 0 Å². The Morgan fingerprint density at radius 1 is 0.750 bits per heavy atom. The quantitative estimate of drug-likeness (QED) is 0.404. The predicted octanol–water partition coefficient (Wildman–Crippen LogP) is 8.70. The van der Waals surface area contributed by atoms with Crippen LogP contribution < -0.4 is 0 Å². The second-order valence-corrected chi connectivity index (χ2v) is 15.2. The normalized spacial score (nSPS) is 54.8. The van der Waals surface area contributed by atoms with Crippen LogP contribution in [0.15, 0.2) is 11.1 Å². The van der Waals surface area contributed by atoms with Crippen molar-refractivity contribution in [2.45, 2.75) is 139 Å². The minimum absolute atomic E-state index is 0.0463. The fourth-order valence-electron chi connectivity index (χ4n) is 10.7. The molecule has 0 aliphatic heterocycles. The standard InChI is InChI=1S/C31H52O/c1-9-27(4)16-17-28(5)18-19-30(7)22-10-11-23-26(2,3)25(32)13-14-29(23,6)21(22)12-15-31(30,8)24(28)20-27/h23-25,32H,9-20H2,1-8H3/t23-,24+,25-,27+,28+,29+,30+,31-/m0/s1. The molecule has 0 bridgehead atoms. The average molecular weight is 441 g/mol. The lowest BCUT2D eigenvalue weighted by molar-refractivity contribution is -0.157. The van der Waals surface area contributed by atoms with E-state index in [0.29, 0.717) is 33.0 Å². The highest BCUT2D eigenvalue weighted by molar-refractivity contribution is 5.38. The van der Waals surface area contributed by atoms with Gasteiger partial charge in [0.1, 0.15) is 0 Å². The number of aliphatic hydroxyl groups excluding tert-OH is 1. The molecular weight excluding hydrogens is 388 g/mol. The van der Waals surface area contributed by atoms with Gasteiger partial charge in [-0.05, 0) is 115 Å². The highest BCUT2D eigenvalue weighted by Gasteiger charge is 2.65. The first-order valence-corrected chi connectivity index (χ1v) is 14.2. The summed E-state index contributed by atoms with van der Waals surface area (Å²) in [6.45, 7) is 20.5. The number of allylic oxidation sites excluding steroid dienone is 2. The summed E-state index contributed by atoms with van der Waals surface area (Å²) in [5.74, 6) is 1.51. The predicted molar refractivity (Wildman–Crippen MR) is 135 cm³/mol. The SMILES string of the molecule is CC[C@]1(C)CC[C@]2(C)CC[C@]3(C)C4=C(CC[C@@]3(C)[C@@H]2C1)[C@@]1(C)CC[C@H](O)C(C)(C)[C@@H]1CC4. The van der Waals surface area contributed by atoms with E-state index in [9.17, 15) is 5.11 Å². The van der Waals surface area contributed by atoms with Gasteiger partial charge in [0.05, 0.1) is 6.10 Å². The highest BCUT2D eigenvalue weighted by Crippen LogP contribution is 2.75. The van der Waals surface area contributed by atoms with Crippen LogP contribution in [0.2, 0.25) is 0 Å². The van der Waals surface area contributed by atoms with Gasteiger partial charge in [0.15, 0.2) is 0 Å². The Kier molecular flexibility index (Phi) is 5.05. The monoisotopic (exact) mass is 440 g/mol. The lowest BCUT2D eigenvalue weighted by Crippen LogP contribution is -2.61. The molecule has 5 aliphatic rings. The van der Waals surface area contributed by atoms with Gasteiger partial charge in [0.25, 0.3) is 0 Å². The molecule has 3 fully saturated rings. The van der Waals surface area contributed by atoms with E-state index in [2.05, 4.69) is 55.4 Å².